The van der Waals surface area contributed by atoms with Gasteiger partial charge < -0.3 is 4.74 Å². The standard InChI is InChI=1S/C14H8Cl3FO2/c15-9-2-4-13(11(5-9)14(17)19)20-7-8-1-3-10(18)6-12(8)16/h1-6H,7H2. The van der Waals surface area contributed by atoms with Crippen molar-refractivity contribution in [3.8, 4) is 5.75 Å². The van der Waals surface area contributed by atoms with Gasteiger partial charge in [0.05, 0.1) is 10.6 Å². The van der Waals surface area contributed by atoms with Crippen molar-refractivity contribution in [3.05, 3.63) is 63.4 Å². The highest BCUT2D eigenvalue weighted by atomic mass is 35.5. The van der Waals surface area contributed by atoms with Crippen LogP contribution in [0.4, 0.5) is 4.39 Å². The molecule has 0 radical (unpaired) electrons. The monoisotopic (exact) mass is 332 g/mol. The zero-order valence-corrected chi connectivity index (χ0v) is 12.3. The third-order valence-corrected chi connectivity index (χ3v) is 3.34. The summed E-state index contributed by atoms with van der Waals surface area (Å²) in [7, 11) is 0. The lowest BCUT2D eigenvalue weighted by Crippen LogP contribution is -2.01. The van der Waals surface area contributed by atoms with Crippen molar-refractivity contribution in [1.29, 1.82) is 0 Å². The van der Waals surface area contributed by atoms with Gasteiger partial charge in [-0.05, 0) is 41.9 Å². The zero-order chi connectivity index (χ0) is 14.7. The molecular formula is C14H8Cl3FO2. The van der Waals surface area contributed by atoms with E-state index in [1.54, 1.807) is 6.07 Å². The highest BCUT2D eigenvalue weighted by Gasteiger charge is 2.12. The van der Waals surface area contributed by atoms with E-state index in [1.165, 1.54) is 30.3 Å². The van der Waals surface area contributed by atoms with E-state index in [9.17, 15) is 9.18 Å². The van der Waals surface area contributed by atoms with Crippen molar-refractivity contribution in [2.24, 2.45) is 0 Å². The second-order valence-electron chi connectivity index (χ2n) is 3.94. The highest BCUT2D eigenvalue weighted by molar-refractivity contribution is 6.68. The second kappa shape index (κ2) is 6.44. The lowest BCUT2D eigenvalue weighted by atomic mass is 10.2. The first-order valence-electron chi connectivity index (χ1n) is 5.53. The van der Waals surface area contributed by atoms with Crippen LogP contribution in [0.5, 0.6) is 5.75 Å². The summed E-state index contributed by atoms with van der Waals surface area (Å²) in [5, 5.41) is -0.0495. The van der Waals surface area contributed by atoms with Crippen molar-refractivity contribution >= 4 is 40.0 Å². The lowest BCUT2D eigenvalue weighted by molar-refractivity contribution is 0.107. The fraction of sp³-hybridized carbons (Fsp3) is 0.0714. The molecule has 0 aromatic heterocycles. The predicted molar refractivity (Wildman–Crippen MR) is 77.4 cm³/mol. The van der Waals surface area contributed by atoms with E-state index >= 15 is 0 Å². The molecular weight excluding hydrogens is 326 g/mol. The van der Waals surface area contributed by atoms with Gasteiger partial charge in [-0.3, -0.25) is 4.79 Å². The molecule has 20 heavy (non-hydrogen) atoms. The van der Waals surface area contributed by atoms with Crippen LogP contribution < -0.4 is 4.74 Å². The number of halogens is 4. The number of hydrogen-bond donors (Lipinski definition) is 0. The van der Waals surface area contributed by atoms with Gasteiger partial charge in [0.1, 0.15) is 18.2 Å². The molecule has 2 nitrogen and oxygen atoms in total. The van der Waals surface area contributed by atoms with Crippen molar-refractivity contribution in [2.75, 3.05) is 0 Å². The minimum absolute atomic E-state index is 0.0813. The van der Waals surface area contributed by atoms with Crippen LogP contribution in [0.15, 0.2) is 36.4 Å². The van der Waals surface area contributed by atoms with Crippen LogP contribution in [0.1, 0.15) is 15.9 Å². The summed E-state index contributed by atoms with van der Waals surface area (Å²) in [4.78, 5) is 11.3. The molecule has 0 fully saturated rings. The maximum absolute atomic E-state index is 12.9. The number of benzene rings is 2. The molecule has 0 bridgehead atoms. The van der Waals surface area contributed by atoms with Gasteiger partial charge in [-0.1, -0.05) is 29.3 Å². The Labute approximate surface area is 130 Å². The smallest absolute Gasteiger partial charge is 0.256 e. The molecule has 2 aromatic rings. The number of rotatable bonds is 4. The second-order valence-corrected chi connectivity index (χ2v) is 5.13. The van der Waals surface area contributed by atoms with E-state index in [4.69, 9.17) is 39.5 Å². The number of carbonyl (C=O) groups is 1. The van der Waals surface area contributed by atoms with Gasteiger partial charge in [0.2, 0.25) is 0 Å². The molecule has 0 aliphatic heterocycles. The minimum Gasteiger partial charge on any atom is -0.488 e. The Bertz CT molecular complexity index is 659. The Hall–Kier alpha value is -1.29. The van der Waals surface area contributed by atoms with Crippen LogP contribution in [0.2, 0.25) is 10.0 Å². The molecule has 2 rings (SSSR count). The molecule has 0 unspecified atom stereocenters. The summed E-state index contributed by atoms with van der Waals surface area (Å²) in [6.45, 7) is 0.0813. The Balaban J connectivity index is 2.20. The van der Waals surface area contributed by atoms with Gasteiger partial charge >= 0.3 is 0 Å². The van der Waals surface area contributed by atoms with E-state index in [2.05, 4.69) is 0 Å². The molecule has 0 saturated heterocycles. The molecule has 0 N–H and O–H groups in total. The normalized spacial score (nSPS) is 10.4. The summed E-state index contributed by atoms with van der Waals surface area (Å²) in [5.41, 5.74) is 0.758. The highest BCUT2D eigenvalue weighted by Crippen LogP contribution is 2.26. The fourth-order valence-electron chi connectivity index (χ4n) is 1.58. The summed E-state index contributed by atoms with van der Waals surface area (Å²) in [5.74, 6) is -0.142. The lowest BCUT2D eigenvalue weighted by Gasteiger charge is -2.10. The van der Waals surface area contributed by atoms with Crippen LogP contribution in [0, 0.1) is 5.82 Å². The average Bonchev–Trinajstić information content (AvgIpc) is 2.38. The van der Waals surface area contributed by atoms with E-state index in [0.29, 0.717) is 10.6 Å². The first kappa shape index (κ1) is 15.1. The summed E-state index contributed by atoms with van der Waals surface area (Å²) in [6, 6.07) is 8.51. The molecule has 6 heteroatoms. The van der Waals surface area contributed by atoms with Crippen molar-refractivity contribution < 1.29 is 13.9 Å². The summed E-state index contributed by atoms with van der Waals surface area (Å²) >= 11 is 17.1. The van der Waals surface area contributed by atoms with Gasteiger partial charge in [-0.2, -0.15) is 0 Å². The van der Waals surface area contributed by atoms with Crippen molar-refractivity contribution in [2.45, 2.75) is 6.61 Å². The summed E-state index contributed by atoms with van der Waals surface area (Å²) in [6.07, 6.45) is 0. The Morgan fingerprint density at radius 2 is 1.90 bits per heavy atom. The summed E-state index contributed by atoms with van der Waals surface area (Å²) < 4.78 is 18.4. The molecule has 0 heterocycles. The van der Waals surface area contributed by atoms with Crippen LogP contribution in [0.3, 0.4) is 0 Å². The average molecular weight is 334 g/mol. The van der Waals surface area contributed by atoms with E-state index < -0.39 is 11.1 Å². The molecule has 0 aliphatic rings. The van der Waals surface area contributed by atoms with E-state index in [1.807, 2.05) is 0 Å². The predicted octanol–water partition coefficient (Wildman–Crippen LogP) is 5.09. The van der Waals surface area contributed by atoms with Crippen LogP contribution >= 0.6 is 34.8 Å². The Morgan fingerprint density at radius 3 is 2.55 bits per heavy atom. The topological polar surface area (TPSA) is 26.3 Å². The number of hydrogen-bond acceptors (Lipinski definition) is 2. The molecule has 0 amide bonds. The van der Waals surface area contributed by atoms with Crippen molar-refractivity contribution in [1.82, 2.24) is 0 Å². The van der Waals surface area contributed by atoms with Crippen LogP contribution in [-0.4, -0.2) is 5.24 Å². The van der Waals surface area contributed by atoms with Crippen molar-refractivity contribution in [3.63, 3.8) is 0 Å². The van der Waals surface area contributed by atoms with E-state index in [-0.39, 0.29) is 22.9 Å². The molecule has 0 saturated carbocycles. The largest absolute Gasteiger partial charge is 0.488 e. The van der Waals surface area contributed by atoms with E-state index in [0.717, 1.165) is 0 Å². The fourth-order valence-corrected chi connectivity index (χ4v) is 2.12. The molecule has 104 valence electrons. The minimum atomic E-state index is -0.673. The third kappa shape index (κ3) is 3.63. The number of ether oxygens (including phenoxy) is 1. The van der Waals surface area contributed by atoms with Gasteiger partial charge in [0, 0.05) is 10.6 Å². The Kier molecular flexibility index (Phi) is 4.86. The quantitative estimate of drug-likeness (QED) is 0.728. The maximum Gasteiger partial charge on any atom is 0.256 e. The Morgan fingerprint density at radius 1 is 1.15 bits per heavy atom. The SMILES string of the molecule is O=C(Cl)c1cc(Cl)ccc1OCc1ccc(F)cc1Cl. The van der Waals surface area contributed by atoms with Gasteiger partial charge in [-0.15, -0.1) is 0 Å². The third-order valence-electron chi connectivity index (χ3n) is 2.55. The van der Waals surface area contributed by atoms with Gasteiger partial charge in [-0.25, -0.2) is 4.39 Å². The maximum atomic E-state index is 12.9. The first-order valence-corrected chi connectivity index (χ1v) is 6.67. The van der Waals surface area contributed by atoms with Gasteiger partial charge in [0.25, 0.3) is 5.24 Å². The first-order chi connectivity index (χ1) is 9.47. The zero-order valence-electron chi connectivity index (χ0n) is 10.00. The van der Waals surface area contributed by atoms with Crippen LogP contribution in [0.25, 0.3) is 0 Å². The molecule has 0 aliphatic carbocycles. The van der Waals surface area contributed by atoms with Gasteiger partial charge in [0.15, 0.2) is 0 Å². The molecule has 2 aromatic carbocycles. The molecule has 0 atom stereocenters. The van der Waals surface area contributed by atoms with Crippen LogP contribution in [-0.2, 0) is 6.61 Å². The molecule has 0 spiro atoms. The number of carbonyl (C=O) groups excluding carboxylic acids is 1.